The quantitative estimate of drug-likeness (QED) is 0.406. The summed E-state index contributed by atoms with van der Waals surface area (Å²) >= 11 is 9.55. The Labute approximate surface area is 206 Å². The standard InChI is InChI=1S/C24H22BrClN2O4S/c25-19-8-6-18(7-9-19)17-32-24(29)22-16-21(10-11-23(22)26)33(30,31)28-14-12-27(13-15-28)20-4-2-1-3-5-20/h1-11,16H,12-15,17H2. The summed E-state index contributed by atoms with van der Waals surface area (Å²) in [5.74, 6) is -0.672. The first-order chi connectivity index (χ1) is 15.8. The summed E-state index contributed by atoms with van der Waals surface area (Å²) in [6.45, 7) is 1.92. The molecule has 1 fully saturated rings. The van der Waals surface area contributed by atoms with E-state index in [2.05, 4.69) is 20.8 Å². The van der Waals surface area contributed by atoms with E-state index in [1.165, 1.54) is 22.5 Å². The van der Waals surface area contributed by atoms with Gasteiger partial charge >= 0.3 is 5.97 Å². The zero-order chi connectivity index (χ0) is 23.4. The summed E-state index contributed by atoms with van der Waals surface area (Å²) in [5.41, 5.74) is 1.90. The number of hydrogen-bond acceptors (Lipinski definition) is 5. The fourth-order valence-electron chi connectivity index (χ4n) is 3.60. The van der Waals surface area contributed by atoms with Gasteiger partial charge in [0.25, 0.3) is 0 Å². The van der Waals surface area contributed by atoms with Crippen LogP contribution in [-0.4, -0.2) is 44.9 Å². The number of hydrogen-bond donors (Lipinski definition) is 0. The van der Waals surface area contributed by atoms with Crippen molar-refractivity contribution < 1.29 is 17.9 Å². The predicted molar refractivity (Wildman–Crippen MR) is 132 cm³/mol. The highest BCUT2D eigenvalue weighted by Crippen LogP contribution is 2.26. The Balaban J connectivity index is 1.45. The molecule has 1 aliphatic heterocycles. The van der Waals surface area contributed by atoms with E-state index in [1.54, 1.807) is 0 Å². The second kappa shape index (κ2) is 10.3. The number of para-hydroxylation sites is 1. The van der Waals surface area contributed by atoms with Crippen molar-refractivity contribution in [2.75, 3.05) is 31.1 Å². The Bertz CT molecular complexity index is 1230. The van der Waals surface area contributed by atoms with Crippen LogP contribution in [0, 0.1) is 0 Å². The third-order valence-electron chi connectivity index (χ3n) is 5.44. The second-order valence-electron chi connectivity index (χ2n) is 7.57. The molecule has 1 heterocycles. The first-order valence-electron chi connectivity index (χ1n) is 10.4. The van der Waals surface area contributed by atoms with E-state index < -0.39 is 16.0 Å². The second-order valence-corrected chi connectivity index (χ2v) is 10.8. The summed E-state index contributed by atoms with van der Waals surface area (Å²) in [6.07, 6.45) is 0. The van der Waals surface area contributed by atoms with E-state index >= 15 is 0 Å². The highest BCUT2D eigenvalue weighted by atomic mass is 79.9. The molecule has 0 atom stereocenters. The largest absolute Gasteiger partial charge is 0.457 e. The van der Waals surface area contributed by atoms with Gasteiger partial charge in [-0.2, -0.15) is 4.31 Å². The third-order valence-corrected chi connectivity index (χ3v) is 8.19. The van der Waals surface area contributed by atoms with Gasteiger partial charge in [-0.1, -0.05) is 57.9 Å². The molecule has 0 unspecified atom stereocenters. The van der Waals surface area contributed by atoms with Gasteiger partial charge in [0, 0.05) is 36.3 Å². The number of anilines is 1. The van der Waals surface area contributed by atoms with Crippen molar-refractivity contribution in [2.45, 2.75) is 11.5 Å². The van der Waals surface area contributed by atoms with Crippen LogP contribution in [0.3, 0.4) is 0 Å². The maximum Gasteiger partial charge on any atom is 0.340 e. The smallest absolute Gasteiger partial charge is 0.340 e. The maximum atomic E-state index is 13.2. The zero-order valence-electron chi connectivity index (χ0n) is 17.7. The first kappa shape index (κ1) is 23.8. The van der Waals surface area contributed by atoms with Gasteiger partial charge in [0.05, 0.1) is 15.5 Å². The average molecular weight is 550 g/mol. The van der Waals surface area contributed by atoms with Gasteiger partial charge in [-0.3, -0.25) is 0 Å². The average Bonchev–Trinajstić information content (AvgIpc) is 2.84. The molecule has 33 heavy (non-hydrogen) atoms. The fourth-order valence-corrected chi connectivity index (χ4v) is 5.51. The molecule has 0 aromatic heterocycles. The molecule has 0 amide bonds. The molecule has 1 aliphatic rings. The lowest BCUT2D eigenvalue weighted by molar-refractivity contribution is 0.0472. The molecule has 3 aromatic carbocycles. The molecule has 4 rings (SSSR count). The topological polar surface area (TPSA) is 66.9 Å². The van der Waals surface area contributed by atoms with Gasteiger partial charge in [-0.05, 0) is 48.0 Å². The number of esters is 1. The molecule has 0 saturated carbocycles. The minimum atomic E-state index is -3.78. The molecule has 9 heteroatoms. The lowest BCUT2D eigenvalue weighted by atomic mass is 10.2. The van der Waals surface area contributed by atoms with Crippen molar-refractivity contribution in [3.8, 4) is 0 Å². The van der Waals surface area contributed by atoms with Crippen molar-refractivity contribution in [1.82, 2.24) is 4.31 Å². The number of nitrogens with zero attached hydrogens (tertiary/aromatic N) is 2. The molecular formula is C24H22BrClN2O4S. The Morgan fingerprint density at radius 1 is 0.939 bits per heavy atom. The Kier molecular flexibility index (Phi) is 7.38. The van der Waals surface area contributed by atoms with Crippen LogP contribution in [0.2, 0.25) is 5.02 Å². The monoisotopic (exact) mass is 548 g/mol. The van der Waals surface area contributed by atoms with E-state index in [0.29, 0.717) is 26.2 Å². The SMILES string of the molecule is O=C(OCc1ccc(Br)cc1)c1cc(S(=O)(=O)N2CCN(c3ccccc3)CC2)ccc1Cl. The van der Waals surface area contributed by atoms with Crippen molar-refractivity contribution in [2.24, 2.45) is 0 Å². The van der Waals surface area contributed by atoms with Gasteiger partial charge in [0.1, 0.15) is 6.61 Å². The molecule has 0 N–H and O–H groups in total. The van der Waals surface area contributed by atoms with E-state index in [-0.39, 0.29) is 22.1 Å². The molecule has 6 nitrogen and oxygen atoms in total. The molecule has 1 saturated heterocycles. The van der Waals surface area contributed by atoms with E-state index in [9.17, 15) is 13.2 Å². The van der Waals surface area contributed by atoms with Crippen LogP contribution >= 0.6 is 27.5 Å². The summed E-state index contributed by atoms with van der Waals surface area (Å²) in [5, 5.41) is 0.142. The highest BCUT2D eigenvalue weighted by molar-refractivity contribution is 9.10. The van der Waals surface area contributed by atoms with Crippen LogP contribution in [0.5, 0.6) is 0 Å². The Hall–Kier alpha value is -2.39. The molecule has 172 valence electrons. The van der Waals surface area contributed by atoms with Crippen molar-refractivity contribution in [3.05, 3.63) is 93.4 Å². The number of carbonyl (C=O) groups is 1. The van der Waals surface area contributed by atoms with E-state index in [4.69, 9.17) is 16.3 Å². The number of halogens is 2. The van der Waals surface area contributed by atoms with E-state index in [0.717, 1.165) is 15.7 Å². The number of ether oxygens (including phenoxy) is 1. The third kappa shape index (κ3) is 5.58. The predicted octanol–water partition coefficient (Wildman–Crippen LogP) is 4.97. The molecular weight excluding hydrogens is 528 g/mol. The van der Waals surface area contributed by atoms with Crippen LogP contribution in [0.25, 0.3) is 0 Å². The van der Waals surface area contributed by atoms with Crippen molar-refractivity contribution in [1.29, 1.82) is 0 Å². The molecule has 0 radical (unpaired) electrons. The van der Waals surface area contributed by atoms with Crippen molar-refractivity contribution >= 4 is 49.2 Å². The summed E-state index contributed by atoms with van der Waals surface area (Å²) < 4.78 is 34.2. The zero-order valence-corrected chi connectivity index (χ0v) is 20.8. The number of piperazine rings is 1. The Morgan fingerprint density at radius 2 is 1.61 bits per heavy atom. The normalized spacial score (nSPS) is 14.8. The lowest BCUT2D eigenvalue weighted by Crippen LogP contribution is -2.48. The number of sulfonamides is 1. The molecule has 0 aliphatic carbocycles. The molecule has 0 spiro atoms. The number of carbonyl (C=O) groups excluding carboxylic acids is 1. The minimum Gasteiger partial charge on any atom is -0.457 e. The number of benzene rings is 3. The van der Waals surface area contributed by atoms with Gasteiger partial charge in [0.2, 0.25) is 10.0 Å². The first-order valence-corrected chi connectivity index (χ1v) is 13.0. The van der Waals surface area contributed by atoms with E-state index in [1.807, 2.05) is 54.6 Å². The molecule has 3 aromatic rings. The maximum absolute atomic E-state index is 13.2. The summed E-state index contributed by atoms with van der Waals surface area (Å²) in [4.78, 5) is 14.8. The Morgan fingerprint density at radius 3 is 2.27 bits per heavy atom. The highest BCUT2D eigenvalue weighted by Gasteiger charge is 2.29. The van der Waals surface area contributed by atoms with Gasteiger partial charge in [-0.15, -0.1) is 0 Å². The van der Waals surface area contributed by atoms with Crippen LogP contribution in [-0.2, 0) is 21.4 Å². The number of rotatable bonds is 6. The summed E-state index contributed by atoms with van der Waals surface area (Å²) in [6, 6.07) is 21.4. The van der Waals surface area contributed by atoms with Crippen LogP contribution < -0.4 is 4.90 Å². The van der Waals surface area contributed by atoms with Gasteiger partial charge in [-0.25, -0.2) is 13.2 Å². The summed E-state index contributed by atoms with van der Waals surface area (Å²) in [7, 11) is -3.78. The van der Waals surface area contributed by atoms with Crippen LogP contribution in [0.4, 0.5) is 5.69 Å². The van der Waals surface area contributed by atoms with Crippen LogP contribution in [0.1, 0.15) is 15.9 Å². The van der Waals surface area contributed by atoms with Crippen molar-refractivity contribution in [3.63, 3.8) is 0 Å². The lowest BCUT2D eigenvalue weighted by Gasteiger charge is -2.35. The van der Waals surface area contributed by atoms with Crippen LogP contribution in [0.15, 0.2) is 82.2 Å². The van der Waals surface area contributed by atoms with Gasteiger partial charge < -0.3 is 9.64 Å². The fraction of sp³-hybridized carbons (Fsp3) is 0.208. The van der Waals surface area contributed by atoms with Gasteiger partial charge in [0.15, 0.2) is 0 Å². The molecule has 0 bridgehead atoms. The minimum absolute atomic E-state index is 0.0238.